The van der Waals surface area contributed by atoms with E-state index in [9.17, 15) is 0 Å². The second-order valence-electron chi connectivity index (χ2n) is 6.23. The van der Waals surface area contributed by atoms with E-state index in [-0.39, 0.29) is 0 Å². The van der Waals surface area contributed by atoms with Crippen molar-refractivity contribution >= 4 is 0 Å². The highest BCUT2D eigenvalue weighted by atomic mass is 16.7. The lowest BCUT2D eigenvalue weighted by Crippen LogP contribution is -2.17. The molecule has 0 unspecified atom stereocenters. The molecule has 0 N–H and O–H groups in total. The molecule has 4 rings (SSSR count). The van der Waals surface area contributed by atoms with Gasteiger partial charge in [-0.1, -0.05) is 6.07 Å². The smallest absolute Gasteiger partial charge is 0.231 e. The van der Waals surface area contributed by atoms with Crippen LogP contribution in [0.2, 0.25) is 0 Å². The summed E-state index contributed by atoms with van der Waals surface area (Å²) >= 11 is 0. The Morgan fingerprint density at radius 3 is 2.65 bits per heavy atom. The second kappa shape index (κ2) is 7.09. The van der Waals surface area contributed by atoms with Gasteiger partial charge in [-0.15, -0.1) is 0 Å². The highest BCUT2D eigenvalue weighted by Gasteiger charge is 2.14. The topological polar surface area (TPSA) is 57.0 Å². The molecule has 6 heteroatoms. The second-order valence-corrected chi connectivity index (χ2v) is 6.23. The minimum Gasteiger partial charge on any atom is -0.497 e. The van der Waals surface area contributed by atoms with Crippen molar-refractivity contribution in [2.24, 2.45) is 0 Å². The van der Waals surface area contributed by atoms with Crippen LogP contribution in [0, 0.1) is 0 Å². The number of rotatable bonds is 6. The van der Waals surface area contributed by atoms with Gasteiger partial charge in [0.25, 0.3) is 0 Å². The first kappa shape index (κ1) is 16.5. The Labute approximate surface area is 151 Å². The summed E-state index contributed by atoms with van der Waals surface area (Å²) in [6, 6.07) is 13.7. The van der Waals surface area contributed by atoms with Crippen LogP contribution in [0.5, 0.6) is 17.2 Å². The molecule has 0 saturated heterocycles. The van der Waals surface area contributed by atoms with E-state index in [1.54, 1.807) is 13.4 Å². The number of fused-ring (bicyclic) bond motifs is 1. The molecule has 6 nitrogen and oxygen atoms in total. The van der Waals surface area contributed by atoms with Crippen LogP contribution >= 0.6 is 0 Å². The van der Waals surface area contributed by atoms with E-state index in [4.69, 9.17) is 18.6 Å². The Morgan fingerprint density at radius 2 is 1.85 bits per heavy atom. The zero-order valence-corrected chi connectivity index (χ0v) is 14.8. The molecular formula is C20H20N2O4. The first-order valence-electron chi connectivity index (χ1n) is 8.37. The molecule has 0 aliphatic carbocycles. The Morgan fingerprint density at radius 1 is 1.04 bits per heavy atom. The van der Waals surface area contributed by atoms with Crippen LogP contribution in [0.15, 0.2) is 53.1 Å². The zero-order chi connectivity index (χ0) is 17.9. The minimum atomic E-state index is 0.293. The molecule has 26 heavy (non-hydrogen) atoms. The summed E-state index contributed by atoms with van der Waals surface area (Å²) in [6.45, 7) is 1.76. The maximum Gasteiger partial charge on any atom is 0.231 e. The van der Waals surface area contributed by atoms with Crippen molar-refractivity contribution in [1.82, 2.24) is 9.88 Å². The Balaban J connectivity index is 1.40. The quantitative estimate of drug-likeness (QED) is 0.674. The van der Waals surface area contributed by atoms with Crippen molar-refractivity contribution in [3.05, 3.63) is 60.0 Å². The van der Waals surface area contributed by atoms with Gasteiger partial charge < -0.3 is 18.6 Å². The molecule has 0 atom stereocenters. The van der Waals surface area contributed by atoms with Crippen LogP contribution < -0.4 is 14.2 Å². The molecule has 0 saturated carbocycles. The van der Waals surface area contributed by atoms with Crippen LogP contribution in [-0.2, 0) is 13.1 Å². The first-order chi connectivity index (χ1) is 12.7. The summed E-state index contributed by atoms with van der Waals surface area (Å²) in [6.07, 6.45) is 1.70. The number of hydrogen-bond acceptors (Lipinski definition) is 6. The summed E-state index contributed by atoms with van der Waals surface area (Å²) in [5.74, 6) is 3.03. The fourth-order valence-electron chi connectivity index (χ4n) is 2.93. The van der Waals surface area contributed by atoms with Gasteiger partial charge in [-0.25, -0.2) is 4.98 Å². The van der Waals surface area contributed by atoms with Crippen molar-refractivity contribution in [2.45, 2.75) is 13.1 Å². The van der Waals surface area contributed by atoms with Gasteiger partial charge in [-0.3, -0.25) is 4.90 Å². The molecule has 0 amide bonds. The van der Waals surface area contributed by atoms with Crippen LogP contribution in [-0.4, -0.2) is 30.8 Å². The highest BCUT2D eigenvalue weighted by molar-refractivity contribution is 5.54. The third-order valence-corrected chi connectivity index (χ3v) is 4.21. The molecule has 134 valence electrons. The normalized spacial score (nSPS) is 12.6. The molecule has 0 fully saturated rings. The molecular weight excluding hydrogens is 332 g/mol. The number of benzene rings is 2. The first-order valence-corrected chi connectivity index (χ1v) is 8.37. The van der Waals surface area contributed by atoms with Gasteiger partial charge in [0, 0.05) is 18.7 Å². The summed E-state index contributed by atoms with van der Waals surface area (Å²) in [7, 11) is 3.69. The summed E-state index contributed by atoms with van der Waals surface area (Å²) < 4.78 is 21.6. The van der Waals surface area contributed by atoms with Gasteiger partial charge in [0.05, 0.1) is 12.8 Å². The molecule has 1 aliphatic rings. The van der Waals surface area contributed by atoms with E-state index in [1.165, 1.54) is 0 Å². The van der Waals surface area contributed by atoms with E-state index in [0.717, 1.165) is 40.6 Å². The third-order valence-electron chi connectivity index (χ3n) is 4.21. The molecule has 0 spiro atoms. The predicted molar refractivity (Wildman–Crippen MR) is 96.2 cm³/mol. The largest absolute Gasteiger partial charge is 0.497 e. The lowest BCUT2D eigenvalue weighted by molar-refractivity contribution is 0.174. The molecule has 0 radical (unpaired) electrons. The van der Waals surface area contributed by atoms with E-state index in [0.29, 0.717) is 19.2 Å². The average molecular weight is 352 g/mol. The Kier molecular flexibility index (Phi) is 4.50. The summed E-state index contributed by atoms with van der Waals surface area (Å²) in [5.41, 5.74) is 2.98. The van der Waals surface area contributed by atoms with Crippen LogP contribution in [0.25, 0.3) is 11.5 Å². The van der Waals surface area contributed by atoms with Crippen LogP contribution in [0.3, 0.4) is 0 Å². The SMILES string of the molecule is COc1ccc(-c2nc(CN(C)Cc3ccc4c(c3)OCO4)co2)cc1. The van der Waals surface area contributed by atoms with E-state index < -0.39 is 0 Å². The third kappa shape index (κ3) is 3.50. The molecule has 1 aliphatic heterocycles. The van der Waals surface area contributed by atoms with Crippen molar-refractivity contribution in [2.75, 3.05) is 21.0 Å². The molecule has 0 bridgehead atoms. The number of aromatic nitrogens is 1. The van der Waals surface area contributed by atoms with Gasteiger partial charge in [0.15, 0.2) is 11.5 Å². The van der Waals surface area contributed by atoms with Gasteiger partial charge in [-0.05, 0) is 49.0 Å². The van der Waals surface area contributed by atoms with Gasteiger partial charge >= 0.3 is 0 Å². The number of nitrogens with zero attached hydrogens (tertiary/aromatic N) is 2. The predicted octanol–water partition coefficient (Wildman–Crippen LogP) is 3.71. The highest BCUT2D eigenvalue weighted by Crippen LogP contribution is 2.32. The Hall–Kier alpha value is -2.99. The maximum atomic E-state index is 5.62. The van der Waals surface area contributed by atoms with Crippen molar-refractivity contribution in [3.8, 4) is 28.7 Å². The fourth-order valence-corrected chi connectivity index (χ4v) is 2.93. The monoisotopic (exact) mass is 352 g/mol. The summed E-state index contributed by atoms with van der Waals surface area (Å²) in [4.78, 5) is 6.76. The lowest BCUT2D eigenvalue weighted by atomic mass is 10.2. The Bertz CT molecular complexity index is 889. The van der Waals surface area contributed by atoms with Crippen molar-refractivity contribution in [3.63, 3.8) is 0 Å². The fraction of sp³-hybridized carbons (Fsp3) is 0.250. The summed E-state index contributed by atoms with van der Waals surface area (Å²) in [5, 5.41) is 0. The van der Waals surface area contributed by atoms with E-state index in [2.05, 4.69) is 16.0 Å². The number of hydrogen-bond donors (Lipinski definition) is 0. The minimum absolute atomic E-state index is 0.293. The van der Waals surface area contributed by atoms with Gasteiger partial charge in [-0.2, -0.15) is 0 Å². The van der Waals surface area contributed by atoms with Crippen molar-refractivity contribution < 1.29 is 18.6 Å². The molecule has 2 heterocycles. The zero-order valence-electron chi connectivity index (χ0n) is 14.8. The van der Waals surface area contributed by atoms with E-state index >= 15 is 0 Å². The number of methoxy groups -OCH3 is 1. The van der Waals surface area contributed by atoms with E-state index in [1.807, 2.05) is 43.4 Å². The number of oxazole rings is 1. The average Bonchev–Trinajstić information content (AvgIpc) is 3.30. The molecule has 1 aromatic heterocycles. The van der Waals surface area contributed by atoms with Crippen LogP contribution in [0.1, 0.15) is 11.3 Å². The number of ether oxygens (including phenoxy) is 3. The molecule has 2 aromatic carbocycles. The van der Waals surface area contributed by atoms with Gasteiger partial charge in [0.2, 0.25) is 12.7 Å². The van der Waals surface area contributed by atoms with Crippen molar-refractivity contribution in [1.29, 1.82) is 0 Å². The standard InChI is InChI=1S/C20H20N2O4/c1-22(10-14-3-8-18-19(9-14)26-13-25-18)11-16-12-24-20(21-16)15-4-6-17(23-2)7-5-15/h3-9,12H,10-11,13H2,1-2H3. The van der Waals surface area contributed by atoms with Gasteiger partial charge in [0.1, 0.15) is 12.0 Å². The molecule has 3 aromatic rings. The lowest BCUT2D eigenvalue weighted by Gasteiger charge is -2.15. The maximum absolute atomic E-state index is 5.62. The van der Waals surface area contributed by atoms with Crippen LogP contribution in [0.4, 0.5) is 0 Å².